The molecule has 0 saturated heterocycles. The summed E-state index contributed by atoms with van der Waals surface area (Å²) < 4.78 is 17.5. The van der Waals surface area contributed by atoms with E-state index in [4.69, 9.17) is 4.74 Å². The predicted molar refractivity (Wildman–Crippen MR) is 59.3 cm³/mol. The van der Waals surface area contributed by atoms with Crippen molar-refractivity contribution in [2.75, 3.05) is 6.61 Å². The lowest BCUT2D eigenvalue weighted by Gasteiger charge is -2.12. The SMILES string of the molecule is CCOC(=O)[C@H](C)NCc1ccc(F)cc1. The number of nitrogens with one attached hydrogen (secondary N) is 1. The van der Waals surface area contributed by atoms with Crippen LogP contribution in [0.4, 0.5) is 4.39 Å². The summed E-state index contributed by atoms with van der Waals surface area (Å²) in [4.78, 5) is 11.3. The molecular weight excluding hydrogens is 209 g/mol. The molecule has 1 rings (SSSR count). The molecule has 0 fully saturated rings. The van der Waals surface area contributed by atoms with E-state index < -0.39 is 0 Å². The molecular formula is C12H16FNO2. The zero-order valence-electron chi connectivity index (χ0n) is 9.50. The summed E-state index contributed by atoms with van der Waals surface area (Å²) in [6.45, 7) is 4.40. The van der Waals surface area contributed by atoms with Crippen LogP contribution in [0.5, 0.6) is 0 Å². The molecule has 0 saturated carbocycles. The number of esters is 1. The first-order chi connectivity index (χ1) is 7.63. The topological polar surface area (TPSA) is 38.3 Å². The van der Waals surface area contributed by atoms with Gasteiger partial charge in [-0.25, -0.2) is 4.39 Å². The number of hydrogen-bond acceptors (Lipinski definition) is 3. The van der Waals surface area contributed by atoms with E-state index in [0.717, 1.165) is 5.56 Å². The van der Waals surface area contributed by atoms with Crippen molar-refractivity contribution in [3.63, 3.8) is 0 Å². The zero-order chi connectivity index (χ0) is 12.0. The van der Waals surface area contributed by atoms with Crippen molar-refractivity contribution in [3.05, 3.63) is 35.6 Å². The molecule has 0 unspecified atom stereocenters. The number of rotatable bonds is 5. The van der Waals surface area contributed by atoms with Crippen LogP contribution in [0.3, 0.4) is 0 Å². The second-order valence-electron chi connectivity index (χ2n) is 3.48. The van der Waals surface area contributed by atoms with Gasteiger partial charge in [0.1, 0.15) is 11.9 Å². The van der Waals surface area contributed by atoms with Crippen LogP contribution in [0.15, 0.2) is 24.3 Å². The van der Waals surface area contributed by atoms with Gasteiger partial charge in [-0.3, -0.25) is 4.79 Å². The number of ether oxygens (including phenoxy) is 1. The van der Waals surface area contributed by atoms with E-state index in [1.165, 1.54) is 12.1 Å². The molecule has 0 heterocycles. The van der Waals surface area contributed by atoms with E-state index in [-0.39, 0.29) is 17.8 Å². The summed E-state index contributed by atoms with van der Waals surface area (Å²) in [5.74, 6) is -0.535. The van der Waals surface area contributed by atoms with E-state index in [0.29, 0.717) is 13.2 Å². The highest BCUT2D eigenvalue weighted by Gasteiger charge is 2.12. The van der Waals surface area contributed by atoms with Crippen LogP contribution >= 0.6 is 0 Å². The van der Waals surface area contributed by atoms with Crippen molar-refractivity contribution >= 4 is 5.97 Å². The quantitative estimate of drug-likeness (QED) is 0.777. The van der Waals surface area contributed by atoms with Crippen molar-refractivity contribution in [1.29, 1.82) is 0 Å². The zero-order valence-corrected chi connectivity index (χ0v) is 9.50. The third-order valence-corrected chi connectivity index (χ3v) is 2.17. The van der Waals surface area contributed by atoms with Gasteiger partial charge in [0.15, 0.2) is 0 Å². The van der Waals surface area contributed by atoms with Crippen LogP contribution in [0, 0.1) is 5.82 Å². The molecule has 16 heavy (non-hydrogen) atoms. The number of hydrogen-bond donors (Lipinski definition) is 1. The molecule has 88 valence electrons. The van der Waals surface area contributed by atoms with Crippen LogP contribution in [-0.4, -0.2) is 18.6 Å². The average Bonchev–Trinajstić information content (AvgIpc) is 2.28. The lowest BCUT2D eigenvalue weighted by atomic mass is 10.2. The summed E-state index contributed by atoms with van der Waals surface area (Å²) in [7, 11) is 0. The van der Waals surface area contributed by atoms with Gasteiger partial charge in [-0.05, 0) is 31.5 Å². The minimum atomic E-state index is -0.356. The molecule has 3 nitrogen and oxygen atoms in total. The maximum atomic E-state index is 12.6. The number of carbonyl (C=O) groups excluding carboxylic acids is 1. The normalized spacial score (nSPS) is 12.2. The summed E-state index contributed by atoms with van der Waals surface area (Å²) in [6, 6.07) is 5.79. The van der Waals surface area contributed by atoms with Crippen molar-refractivity contribution in [3.8, 4) is 0 Å². The van der Waals surface area contributed by atoms with E-state index in [1.807, 2.05) is 0 Å². The second-order valence-corrected chi connectivity index (χ2v) is 3.48. The van der Waals surface area contributed by atoms with Gasteiger partial charge in [-0.1, -0.05) is 12.1 Å². The molecule has 1 aromatic rings. The number of benzene rings is 1. The third-order valence-electron chi connectivity index (χ3n) is 2.17. The van der Waals surface area contributed by atoms with Gasteiger partial charge in [0.25, 0.3) is 0 Å². The van der Waals surface area contributed by atoms with Gasteiger partial charge in [0.05, 0.1) is 6.61 Å². The molecule has 0 aliphatic carbocycles. The molecule has 0 spiro atoms. The second kappa shape index (κ2) is 6.23. The van der Waals surface area contributed by atoms with Crippen LogP contribution < -0.4 is 5.32 Å². The monoisotopic (exact) mass is 225 g/mol. The lowest BCUT2D eigenvalue weighted by Crippen LogP contribution is -2.34. The molecule has 0 bridgehead atoms. The highest BCUT2D eigenvalue weighted by molar-refractivity contribution is 5.75. The Morgan fingerprint density at radius 3 is 2.62 bits per heavy atom. The van der Waals surface area contributed by atoms with E-state index in [2.05, 4.69) is 5.32 Å². The van der Waals surface area contributed by atoms with E-state index in [1.54, 1.807) is 26.0 Å². The molecule has 0 aliphatic heterocycles. The first kappa shape index (κ1) is 12.6. The maximum absolute atomic E-state index is 12.6. The van der Waals surface area contributed by atoms with Gasteiger partial charge in [0.2, 0.25) is 0 Å². The van der Waals surface area contributed by atoms with Crippen molar-refractivity contribution in [1.82, 2.24) is 5.32 Å². The Bertz CT molecular complexity index is 337. The van der Waals surface area contributed by atoms with Gasteiger partial charge < -0.3 is 10.1 Å². The minimum Gasteiger partial charge on any atom is -0.465 e. The molecule has 1 aromatic carbocycles. The first-order valence-electron chi connectivity index (χ1n) is 5.28. The molecule has 0 aliphatic rings. The molecule has 1 N–H and O–H groups in total. The Labute approximate surface area is 94.6 Å². The first-order valence-corrected chi connectivity index (χ1v) is 5.28. The van der Waals surface area contributed by atoms with Crippen molar-refractivity contribution < 1.29 is 13.9 Å². The van der Waals surface area contributed by atoms with Crippen molar-refractivity contribution in [2.24, 2.45) is 0 Å². The average molecular weight is 225 g/mol. The van der Waals surface area contributed by atoms with Crippen LogP contribution in [0.2, 0.25) is 0 Å². The highest BCUT2D eigenvalue weighted by Crippen LogP contribution is 2.02. The Morgan fingerprint density at radius 2 is 2.06 bits per heavy atom. The largest absolute Gasteiger partial charge is 0.465 e. The molecule has 0 amide bonds. The third kappa shape index (κ3) is 3.98. The van der Waals surface area contributed by atoms with Gasteiger partial charge in [-0.2, -0.15) is 0 Å². The molecule has 0 aromatic heterocycles. The molecule has 0 radical (unpaired) electrons. The maximum Gasteiger partial charge on any atom is 0.322 e. The van der Waals surface area contributed by atoms with E-state index in [9.17, 15) is 9.18 Å². The van der Waals surface area contributed by atoms with Crippen LogP contribution in [-0.2, 0) is 16.1 Å². The summed E-state index contributed by atoms with van der Waals surface area (Å²) >= 11 is 0. The smallest absolute Gasteiger partial charge is 0.322 e. The van der Waals surface area contributed by atoms with Gasteiger partial charge >= 0.3 is 5.97 Å². The van der Waals surface area contributed by atoms with Gasteiger partial charge in [0, 0.05) is 6.54 Å². The minimum absolute atomic E-state index is 0.262. The number of halogens is 1. The summed E-state index contributed by atoms with van der Waals surface area (Å²) in [5, 5.41) is 3.01. The van der Waals surface area contributed by atoms with Crippen LogP contribution in [0.25, 0.3) is 0 Å². The fraction of sp³-hybridized carbons (Fsp3) is 0.417. The summed E-state index contributed by atoms with van der Waals surface area (Å²) in [5.41, 5.74) is 0.928. The van der Waals surface area contributed by atoms with Crippen molar-refractivity contribution in [2.45, 2.75) is 26.4 Å². The highest BCUT2D eigenvalue weighted by atomic mass is 19.1. The molecule has 1 atom stereocenters. The standard InChI is InChI=1S/C12H16FNO2/c1-3-16-12(15)9(2)14-8-10-4-6-11(13)7-5-10/h4-7,9,14H,3,8H2,1-2H3/t9-/m0/s1. The van der Waals surface area contributed by atoms with Crippen LogP contribution in [0.1, 0.15) is 19.4 Å². The fourth-order valence-electron chi connectivity index (χ4n) is 1.22. The van der Waals surface area contributed by atoms with Gasteiger partial charge in [-0.15, -0.1) is 0 Å². The fourth-order valence-corrected chi connectivity index (χ4v) is 1.22. The lowest BCUT2D eigenvalue weighted by molar-refractivity contribution is -0.145. The number of carbonyl (C=O) groups is 1. The van der Waals surface area contributed by atoms with E-state index >= 15 is 0 Å². The molecule has 4 heteroatoms. The predicted octanol–water partition coefficient (Wildman–Crippen LogP) is 1.87. The Hall–Kier alpha value is -1.42. The summed E-state index contributed by atoms with van der Waals surface area (Å²) in [6.07, 6.45) is 0. The Balaban J connectivity index is 2.39. The Kier molecular flexibility index (Phi) is 4.92. The Morgan fingerprint density at radius 1 is 1.44 bits per heavy atom.